The Morgan fingerprint density at radius 1 is 1.14 bits per heavy atom. The highest BCUT2D eigenvalue weighted by atomic mass is 35.5. The number of carbonyl (C=O) groups excluding carboxylic acids is 1. The summed E-state index contributed by atoms with van der Waals surface area (Å²) in [6.07, 6.45) is 2.81. The summed E-state index contributed by atoms with van der Waals surface area (Å²) in [5, 5.41) is 1.50. The van der Waals surface area contributed by atoms with Crippen LogP contribution in [0.1, 0.15) is 16.1 Å². The average molecular weight is 338 g/mol. The minimum Gasteiger partial charge on any atom is -0.272 e. The Labute approximate surface area is 132 Å². The van der Waals surface area contributed by atoms with Crippen LogP contribution in [0.2, 0.25) is 5.02 Å². The van der Waals surface area contributed by atoms with E-state index in [2.05, 4.69) is 10.4 Å². The number of benzene rings is 1. The van der Waals surface area contributed by atoms with Crippen molar-refractivity contribution in [3.8, 4) is 0 Å². The number of hydrogen-bond acceptors (Lipinski definition) is 4. The Morgan fingerprint density at radius 2 is 1.86 bits per heavy atom. The van der Waals surface area contributed by atoms with Gasteiger partial charge >= 0.3 is 0 Å². The Kier molecular flexibility index (Phi) is 5.26. The van der Waals surface area contributed by atoms with Gasteiger partial charge in [-0.05, 0) is 35.9 Å². The molecule has 0 radical (unpaired) electrons. The molecule has 114 valence electrons. The molecule has 2 rings (SSSR count). The minimum absolute atomic E-state index is 0.104. The van der Waals surface area contributed by atoms with Gasteiger partial charge in [0, 0.05) is 16.6 Å². The molecule has 0 bridgehead atoms. The number of nitrogens with one attached hydrogen (secondary N) is 2. The lowest BCUT2D eigenvalue weighted by Crippen LogP contribution is -2.40. The van der Waals surface area contributed by atoms with Crippen LogP contribution in [0.15, 0.2) is 54.1 Å². The van der Waals surface area contributed by atoms with Crippen LogP contribution in [-0.2, 0) is 10.0 Å². The van der Waals surface area contributed by atoms with Gasteiger partial charge in [0.1, 0.15) is 5.69 Å². The maximum Gasteiger partial charge on any atom is 0.284 e. The van der Waals surface area contributed by atoms with Gasteiger partial charge in [-0.2, -0.15) is 0 Å². The topological polar surface area (TPSA) is 88.2 Å². The SMILES string of the molecule is O=C(NNS(=O)(=O)C=Cc1ccc(Cl)cc1)c1ccccn1. The zero-order chi connectivity index (χ0) is 16.0. The van der Waals surface area contributed by atoms with E-state index in [1.165, 1.54) is 18.3 Å². The third-order valence-electron chi connectivity index (χ3n) is 2.51. The van der Waals surface area contributed by atoms with E-state index in [-0.39, 0.29) is 5.69 Å². The first-order valence-corrected chi connectivity index (χ1v) is 8.05. The van der Waals surface area contributed by atoms with Crippen LogP contribution in [0.25, 0.3) is 6.08 Å². The summed E-state index contributed by atoms with van der Waals surface area (Å²) < 4.78 is 23.5. The molecule has 8 heteroatoms. The first kappa shape index (κ1) is 16.2. The van der Waals surface area contributed by atoms with E-state index in [0.29, 0.717) is 10.6 Å². The van der Waals surface area contributed by atoms with Gasteiger partial charge in [-0.3, -0.25) is 15.2 Å². The first-order chi connectivity index (χ1) is 10.5. The van der Waals surface area contributed by atoms with E-state index in [1.54, 1.807) is 36.4 Å². The number of hydrogen-bond donors (Lipinski definition) is 2. The van der Waals surface area contributed by atoms with Crippen LogP contribution in [0.5, 0.6) is 0 Å². The van der Waals surface area contributed by atoms with Gasteiger partial charge in [-0.25, -0.2) is 8.42 Å². The molecular formula is C14H12ClN3O3S. The maximum absolute atomic E-state index is 11.7. The van der Waals surface area contributed by atoms with Crippen LogP contribution in [0.4, 0.5) is 0 Å². The zero-order valence-corrected chi connectivity index (χ0v) is 12.8. The van der Waals surface area contributed by atoms with Gasteiger partial charge in [0.15, 0.2) is 0 Å². The number of carbonyl (C=O) groups is 1. The normalized spacial score (nSPS) is 11.5. The molecule has 0 unspecified atom stereocenters. The summed E-state index contributed by atoms with van der Waals surface area (Å²) in [6, 6.07) is 11.4. The van der Waals surface area contributed by atoms with Crippen molar-refractivity contribution in [3.05, 3.63) is 70.3 Å². The molecule has 22 heavy (non-hydrogen) atoms. The number of sulfonamides is 1. The lowest BCUT2D eigenvalue weighted by Gasteiger charge is -2.04. The zero-order valence-electron chi connectivity index (χ0n) is 11.2. The molecule has 1 amide bonds. The molecule has 1 aromatic heterocycles. The Morgan fingerprint density at radius 3 is 2.50 bits per heavy atom. The molecule has 1 heterocycles. The standard InChI is InChI=1S/C14H12ClN3O3S/c15-12-6-4-11(5-7-12)8-10-22(20,21)18-17-14(19)13-3-1-2-9-16-13/h1-10,18H,(H,17,19). The molecular weight excluding hydrogens is 326 g/mol. The number of hydrazine groups is 1. The third-order valence-corrected chi connectivity index (χ3v) is 3.65. The molecule has 0 aliphatic carbocycles. The summed E-state index contributed by atoms with van der Waals surface area (Å²) in [4.78, 5) is 17.4. The third kappa shape index (κ3) is 4.96. The van der Waals surface area contributed by atoms with Crippen molar-refractivity contribution < 1.29 is 13.2 Å². The van der Waals surface area contributed by atoms with E-state index >= 15 is 0 Å². The molecule has 0 saturated carbocycles. The van der Waals surface area contributed by atoms with E-state index in [4.69, 9.17) is 11.6 Å². The average Bonchev–Trinajstić information content (AvgIpc) is 2.53. The lowest BCUT2D eigenvalue weighted by atomic mass is 10.2. The van der Waals surface area contributed by atoms with Crippen LogP contribution < -0.4 is 10.3 Å². The largest absolute Gasteiger partial charge is 0.284 e. The molecule has 1 aromatic carbocycles. The molecule has 0 saturated heterocycles. The highest BCUT2D eigenvalue weighted by molar-refractivity contribution is 7.92. The number of pyridine rings is 1. The number of nitrogens with zero attached hydrogens (tertiary/aromatic N) is 1. The van der Waals surface area contributed by atoms with Gasteiger partial charge in [-0.15, -0.1) is 4.83 Å². The Bertz CT molecular complexity index is 775. The molecule has 6 nitrogen and oxygen atoms in total. The second-order valence-corrected chi connectivity index (χ2v) is 6.17. The molecule has 0 aliphatic rings. The van der Waals surface area contributed by atoms with Gasteiger partial charge < -0.3 is 0 Å². The van der Waals surface area contributed by atoms with Gasteiger partial charge in [0.05, 0.1) is 0 Å². The lowest BCUT2D eigenvalue weighted by molar-refractivity contribution is 0.0940. The van der Waals surface area contributed by atoms with E-state index in [1.807, 2.05) is 4.83 Å². The van der Waals surface area contributed by atoms with Gasteiger partial charge in [-0.1, -0.05) is 29.8 Å². The molecule has 2 aromatic rings. The quantitative estimate of drug-likeness (QED) is 0.816. The second kappa shape index (κ2) is 7.17. The van der Waals surface area contributed by atoms with Crippen molar-refractivity contribution in [2.45, 2.75) is 0 Å². The fourth-order valence-electron chi connectivity index (χ4n) is 1.45. The fraction of sp³-hybridized carbons (Fsp3) is 0. The fourth-order valence-corrected chi connectivity index (χ4v) is 2.22. The van der Waals surface area contributed by atoms with Gasteiger partial charge in [0.2, 0.25) is 0 Å². The van der Waals surface area contributed by atoms with E-state index in [0.717, 1.165) is 5.41 Å². The highest BCUT2D eigenvalue weighted by Gasteiger charge is 2.10. The first-order valence-electron chi connectivity index (χ1n) is 6.13. The van der Waals surface area contributed by atoms with Crippen molar-refractivity contribution in [2.75, 3.05) is 0 Å². The number of aromatic nitrogens is 1. The van der Waals surface area contributed by atoms with Crippen LogP contribution in [0.3, 0.4) is 0 Å². The van der Waals surface area contributed by atoms with Crippen molar-refractivity contribution in [3.63, 3.8) is 0 Å². The number of amides is 1. The van der Waals surface area contributed by atoms with Crippen LogP contribution in [-0.4, -0.2) is 19.3 Å². The van der Waals surface area contributed by atoms with Crippen molar-refractivity contribution >= 4 is 33.6 Å². The Balaban J connectivity index is 1.96. The van der Waals surface area contributed by atoms with Crippen molar-refractivity contribution in [1.29, 1.82) is 0 Å². The molecule has 2 N–H and O–H groups in total. The summed E-state index contributed by atoms with van der Waals surface area (Å²) in [5.41, 5.74) is 2.83. The molecule has 0 aliphatic heterocycles. The second-order valence-electron chi connectivity index (χ2n) is 4.17. The number of rotatable bonds is 5. The Hall–Kier alpha value is -2.22. The van der Waals surface area contributed by atoms with E-state index in [9.17, 15) is 13.2 Å². The van der Waals surface area contributed by atoms with E-state index < -0.39 is 15.9 Å². The summed E-state index contributed by atoms with van der Waals surface area (Å²) in [7, 11) is -3.82. The van der Waals surface area contributed by atoms with Crippen LogP contribution >= 0.6 is 11.6 Å². The minimum atomic E-state index is -3.82. The van der Waals surface area contributed by atoms with Crippen LogP contribution in [0, 0.1) is 0 Å². The van der Waals surface area contributed by atoms with Crippen molar-refractivity contribution in [1.82, 2.24) is 15.2 Å². The summed E-state index contributed by atoms with van der Waals surface area (Å²) >= 11 is 5.74. The predicted octanol–water partition coefficient (Wildman–Crippen LogP) is 1.97. The molecule has 0 atom stereocenters. The molecule has 0 fully saturated rings. The number of halogens is 1. The maximum atomic E-state index is 11.7. The summed E-state index contributed by atoms with van der Waals surface area (Å²) in [5.74, 6) is -0.649. The molecule has 0 spiro atoms. The van der Waals surface area contributed by atoms with Gasteiger partial charge in [0.25, 0.3) is 15.9 Å². The monoisotopic (exact) mass is 337 g/mol. The highest BCUT2D eigenvalue weighted by Crippen LogP contribution is 2.10. The summed E-state index contributed by atoms with van der Waals surface area (Å²) in [6.45, 7) is 0. The smallest absolute Gasteiger partial charge is 0.272 e. The predicted molar refractivity (Wildman–Crippen MR) is 84.2 cm³/mol. The van der Waals surface area contributed by atoms with Crippen molar-refractivity contribution in [2.24, 2.45) is 0 Å².